The number of esters is 2. The van der Waals surface area contributed by atoms with Crippen LogP contribution < -0.4 is 0 Å². The van der Waals surface area contributed by atoms with Crippen molar-refractivity contribution in [2.75, 3.05) is 13.2 Å². The van der Waals surface area contributed by atoms with Crippen molar-refractivity contribution in [3.63, 3.8) is 0 Å². The van der Waals surface area contributed by atoms with Gasteiger partial charge in [0.05, 0.1) is 13.2 Å². The summed E-state index contributed by atoms with van der Waals surface area (Å²) in [6.45, 7) is 7.03. The lowest BCUT2D eigenvalue weighted by atomic mass is 10.2. The zero-order chi connectivity index (χ0) is 13.8. The fourth-order valence-corrected chi connectivity index (χ4v) is 1.27. The Morgan fingerprint density at radius 2 is 1.50 bits per heavy atom. The molecular formula is C14H26O4. The number of hydrogen-bond acceptors (Lipinski definition) is 4. The second-order valence-corrected chi connectivity index (χ2v) is 4.86. The molecule has 0 unspecified atom stereocenters. The van der Waals surface area contributed by atoms with E-state index in [2.05, 4.69) is 6.92 Å². The zero-order valence-electron chi connectivity index (χ0n) is 11.9. The van der Waals surface area contributed by atoms with Gasteiger partial charge in [0.15, 0.2) is 0 Å². The molecule has 106 valence electrons. The molecule has 0 saturated carbocycles. The molecule has 0 aliphatic carbocycles. The van der Waals surface area contributed by atoms with Crippen LogP contribution in [-0.2, 0) is 19.1 Å². The van der Waals surface area contributed by atoms with Crippen molar-refractivity contribution in [1.82, 2.24) is 0 Å². The van der Waals surface area contributed by atoms with Gasteiger partial charge < -0.3 is 9.47 Å². The highest BCUT2D eigenvalue weighted by Crippen LogP contribution is 2.04. The first-order valence-corrected chi connectivity index (χ1v) is 6.87. The Bertz CT molecular complexity index is 236. The van der Waals surface area contributed by atoms with Gasteiger partial charge >= 0.3 is 11.9 Å². The van der Waals surface area contributed by atoms with Gasteiger partial charge in [-0.3, -0.25) is 9.59 Å². The van der Waals surface area contributed by atoms with Crippen LogP contribution in [0.4, 0.5) is 0 Å². The fourth-order valence-electron chi connectivity index (χ4n) is 1.27. The Labute approximate surface area is 110 Å². The smallest absolute Gasteiger partial charge is 0.305 e. The van der Waals surface area contributed by atoms with Gasteiger partial charge in [-0.05, 0) is 25.2 Å². The second-order valence-electron chi connectivity index (χ2n) is 4.86. The van der Waals surface area contributed by atoms with Crippen molar-refractivity contribution >= 4 is 11.9 Å². The molecule has 0 aliphatic heterocycles. The van der Waals surface area contributed by atoms with Gasteiger partial charge in [0, 0.05) is 12.8 Å². The van der Waals surface area contributed by atoms with Crippen LogP contribution >= 0.6 is 0 Å². The highest BCUT2D eigenvalue weighted by molar-refractivity contribution is 5.70. The first-order valence-electron chi connectivity index (χ1n) is 6.87. The quantitative estimate of drug-likeness (QED) is 0.446. The molecule has 0 N–H and O–H groups in total. The summed E-state index contributed by atoms with van der Waals surface area (Å²) < 4.78 is 10.0. The molecule has 0 aromatic carbocycles. The van der Waals surface area contributed by atoms with E-state index >= 15 is 0 Å². The first kappa shape index (κ1) is 16.9. The molecule has 0 heterocycles. The van der Waals surface area contributed by atoms with Crippen molar-refractivity contribution in [1.29, 1.82) is 0 Å². The largest absolute Gasteiger partial charge is 0.466 e. The van der Waals surface area contributed by atoms with E-state index in [4.69, 9.17) is 9.47 Å². The standard InChI is InChI=1S/C14H26O4/c1-4-5-10-17-13(15)8-6-7-9-14(16)18-11-12(2)3/h12H,4-11H2,1-3H3. The average Bonchev–Trinajstić information content (AvgIpc) is 2.32. The molecule has 0 saturated heterocycles. The summed E-state index contributed by atoms with van der Waals surface area (Å²) in [5.74, 6) is 0.0181. The lowest BCUT2D eigenvalue weighted by molar-refractivity contribution is -0.146. The Hall–Kier alpha value is -1.06. The van der Waals surface area contributed by atoms with Crippen LogP contribution in [0.2, 0.25) is 0 Å². The van der Waals surface area contributed by atoms with Gasteiger partial charge in [-0.2, -0.15) is 0 Å². The number of rotatable bonds is 10. The van der Waals surface area contributed by atoms with Gasteiger partial charge in [0.2, 0.25) is 0 Å². The average molecular weight is 258 g/mol. The van der Waals surface area contributed by atoms with E-state index in [0.717, 1.165) is 12.8 Å². The summed E-state index contributed by atoms with van der Waals surface area (Å²) in [6, 6.07) is 0. The molecule has 0 aromatic heterocycles. The summed E-state index contributed by atoms with van der Waals surface area (Å²) in [5, 5.41) is 0. The van der Waals surface area contributed by atoms with Gasteiger partial charge in [-0.1, -0.05) is 27.2 Å². The molecule has 0 atom stereocenters. The highest BCUT2D eigenvalue weighted by Gasteiger charge is 2.06. The minimum Gasteiger partial charge on any atom is -0.466 e. The van der Waals surface area contributed by atoms with Crippen LogP contribution in [0.25, 0.3) is 0 Å². The topological polar surface area (TPSA) is 52.6 Å². The van der Waals surface area contributed by atoms with Crippen molar-refractivity contribution in [3.05, 3.63) is 0 Å². The first-order chi connectivity index (χ1) is 8.56. The SMILES string of the molecule is CCCCOC(=O)CCCCC(=O)OCC(C)C. The third-order valence-electron chi connectivity index (χ3n) is 2.35. The predicted octanol–water partition coefficient (Wildman–Crippen LogP) is 3.09. The molecule has 0 rings (SSSR count). The van der Waals surface area contributed by atoms with Crippen LogP contribution in [0.15, 0.2) is 0 Å². The molecule has 0 spiro atoms. The molecule has 18 heavy (non-hydrogen) atoms. The van der Waals surface area contributed by atoms with Crippen LogP contribution in [-0.4, -0.2) is 25.2 Å². The Kier molecular flexibility index (Phi) is 10.4. The van der Waals surface area contributed by atoms with Crippen molar-refractivity contribution in [2.45, 2.75) is 59.3 Å². The van der Waals surface area contributed by atoms with E-state index in [1.165, 1.54) is 0 Å². The molecule has 0 amide bonds. The maximum atomic E-state index is 11.3. The lowest BCUT2D eigenvalue weighted by Crippen LogP contribution is -2.10. The minimum absolute atomic E-state index is 0.168. The van der Waals surface area contributed by atoms with Gasteiger partial charge in [-0.15, -0.1) is 0 Å². The maximum absolute atomic E-state index is 11.3. The third kappa shape index (κ3) is 11.4. The minimum atomic E-state index is -0.178. The van der Waals surface area contributed by atoms with E-state index in [1.54, 1.807) is 0 Å². The molecule has 0 radical (unpaired) electrons. The molecule has 0 aromatic rings. The Morgan fingerprint density at radius 3 is 2.00 bits per heavy atom. The molecule has 0 fully saturated rings. The maximum Gasteiger partial charge on any atom is 0.305 e. The Balaban J connectivity index is 3.38. The van der Waals surface area contributed by atoms with E-state index < -0.39 is 0 Å². The molecule has 0 bridgehead atoms. The van der Waals surface area contributed by atoms with Gasteiger partial charge in [0.25, 0.3) is 0 Å². The second kappa shape index (κ2) is 11.1. The summed E-state index contributed by atoms with van der Waals surface area (Å²) in [7, 11) is 0. The molecular weight excluding hydrogens is 232 g/mol. The number of ether oxygens (including phenoxy) is 2. The normalized spacial score (nSPS) is 10.4. The van der Waals surface area contributed by atoms with Crippen LogP contribution in [0.3, 0.4) is 0 Å². The van der Waals surface area contributed by atoms with E-state index in [0.29, 0.717) is 44.8 Å². The highest BCUT2D eigenvalue weighted by atomic mass is 16.5. The van der Waals surface area contributed by atoms with Crippen LogP contribution in [0, 0.1) is 5.92 Å². The molecule has 0 aliphatic rings. The third-order valence-corrected chi connectivity index (χ3v) is 2.35. The van der Waals surface area contributed by atoms with Crippen molar-refractivity contribution < 1.29 is 19.1 Å². The number of unbranched alkanes of at least 4 members (excludes halogenated alkanes) is 2. The van der Waals surface area contributed by atoms with Gasteiger partial charge in [-0.25, -0.2) is 0 Å². The molecule has 4 heteroatoms. The fraction of sp³-hybridized carbons (Fsp3) is 0.857. The van der Waals surface area contributed by atoms with Crippen LogP contribution in [0.1, 0.15) is 59.3 Å². The predicted molar refractivity (Wildman–Crippen MR) is 70.1 cm³/mol. The number of carbonyl (C=O) groups is 2. The zero-order valence-corrected chi connectivity index (χ0v) is 11.9. The summed E-state index contributed by atoms with van der Waals surface area (Å²) >= 11 is 0. The Morgan fingerprint density at radius 1 is 0.944 bits per heavy atom. The van der Waals surface area contributed by atoms with Crippen molar-refractivity contribution in [2.24, 2.45) is 5.92 Å². The van der Waals surface area contributed by atoms with E-state index in [9.17, 15) is 9.59 Å². The monoisotopic (exact) mass is 258 g/mol. The van der Waals surface area contributed by atoms with Gasteiger partial charge in [0.1, 0.15) is 0 Å². The molecule has 4 nitrogen and oxygen atoms in total. The van der Waals surface area contributed by atoms with Crippen LogP contribution in [0.5, 0.6) is 0 Å². The lowest BCUT2D eigenvalue weighted by Gasteiger charge is -2.07. The van der Waals surface area contributed by atoms with Crippen molar-refractivity contribution in [3.8, 4) is 0 Å². The van der Waals surface area contributed by atoms with E-state index in [1.807, 2.05) is 13.8 Å². The van der Waals surface area contributed by atoms with E-state index in [-0.39, 0.29) is 11.9 Å². The summed E-state index contributed by atoms with van der Waals surface area (Å²) in [4.78, 5) is 22.5. The number of carbonyl (C=O) groups excluding carboxylic acids is 2. The number of hydrogen-bond donors (Lipinski definition) is 0. The summed E-state index contributed by atoms with van der Waals surface area (Å²) in [6.07, 6.45) is 4.07. The summed E-state index contributed by atoms with van der Waals surface area (Å²) in [5.41, 5.74) is 0.